The minimum absolute atomic E-state index is 0. The first-order valence-corrected chi connectivity index (χ1v) is 10.7. The number of benzene rings is 1. The van der Waals surface area contributed by atoms with E-state index in [0.717, 1.165) is 43.5 Å². The van der Waals surface area contributed by atoms with Crippen molar-refractivity contribution in [2.75, 3.05) is 53.6 Å². The lowest BCUT2D eigenvalue weighted by molar-refractivity contribution is 0.203. The summed E-state index contributed by atoms with van der Waals surface area (Å²) in [4.78, 5) is 7.44. The van der Waals surface area contributed by atoms with Crippen LogP contribution in [0.25, 0.3) is 0 Å². The first-order chi connectivity index (χ1) is 14.8. The Kier molecular flexibility index (Phi) is 11.8. The molecule has 0 amide bonds. The van der Waals surface area contributed by atoms with E-state index in [9.17, 15) is 0 Å². The van der Waals surface area contributed by atoms with E-state index in [2.05, 4.69) is 27.7 Å². The maximum absolute atomic E-state index is 5.42. The molecule has 7 nitrogen and oxygen atoms in total. The zero-order valence-electron chi connectivity index (χ0n) is 18.5. The highest BCUT2D eigenvalue weighted by atomic mass is 127. The number of likely N-dealkylation sites (tertiary alicyclic amines) is 1. The summed E-state index contributed by atoms with van der Waals surface area (Å²) in [6.07, 6.45) is 5.01. The van der Waals surface area contributed by atoms with Crippen LogP contribution < -0.4 is 15.4 Å². The van der Waals surface area contributed by atoms with E-state index in [4.69, 9.17) is 18.9 Å². The third-order valence-electron chi connectivity index (χ3n) is 5.35. The molecule has 1 unspecified atom stereocenters. The van der Waals surface area contributed by atoms with Crippen molar-refractivity contribution < 1.29 is 13.9 Å². The molecule has 1 saturated heterocycles. The number of aliphatic imine (C=N–C) groups is 1. The molecule has 2 aromatic rings. The summed E-state index contributed by atoms with van der Waals surface area (Å²) < 4.78 is 15.9. The van der Waals surface area contributed by atoms with Gasteiger partial charge in [0.2, 0.25) is 0 Å². The SMILES string of the molecule is COCCNC(=NCC(c1ccc(OC)cc1)N1CCCC1)NCCc1ccco1.I. The maximum Gasteiger partial charge on any atom is 0.191 e. The summed E-state index contributed by atoms with van der Waals surface area (Å²) >= 11 is 0. The third kappa shape index (κ3) is 8.34. The molecule has 3 rings (SSSR count). The number of ether oxygens (including phenoxy) is 2. The van der Waals surface area contributed by atoms with Gasteiger partial charge in [-0.1, -0.05) is 12.1 Å². The van der Waals surface area contributed by atoms with Crippen LogP contribution in [0.2, 0.25) is 0 Å². The summed E-state index contributed by atoms with van der Waals surface area (Å²) in [5, 5.41) is 6.78. The van der Waals surface area contributed by atoms with Crippen molar-refractivity contribution in [1.82, 2.24) is 15.5 Å². The van der Waals surface area contributed by atoms with Crippen LogP contribution in [0.5, 0.6) is 5.75 Å². The van der Waals surface area contributed by atoms with E-state index in [1.54, 1.807) is 20.5 Å². The number of nitrogens with one attached hydrogen (secondary N) is 2. The highest BCUT2D eigenvalue weighted by Crippen LogP contribution is 2.27. The lowest BCUT2D eigenvalue weighted by Gasteiger charge is -2.27. The standard InChI is InChI=1S/C23H34N4O3.HI/c1-28-17-13-25-23(24-12-11-21-6-5-16-30-21)26-18-22(27-14-3-4-15-27)19-7-9-20(29-2)10-8-19;/h5-10,16,22H,3-4,11-15,17-18H2,1-2H3,(H2,24,25,26);1H. The van der Waals surface area contributed by atoms with Crippen LogP contribution in [-0.4, -0.2) is 64.4 Å². The van der Waals surface area contributed by atoms with E-state index >= 15 is 0 Å². The van der Waals surface area contributed by atoms with Gasteiger partial charge in [0.1, 0.15) is 11.5 Å². The molecule has 0 radical (unpaired) electrons. The fraction of sp³-hybridized carbons (Fsp3) is 0.522. The first-order valence-electron chi connectivity index (χ1n) is 10.7. The van der Waals surface area contributed by atoms with Gasteiger partial charge in [-0.05, 0) is 55.8 Å². The van der Waals surface area contributed by atoms with Gasteiger partial charge in [-0.25, -0.2) is 0 Å². The Bertz CT molecular complexity index is 747. The van der Waals surface area contributed by atoms with Crippen LogP contribution in [0.1, 0.15) is 30.2 Å². The quantitative estimate of drug-likeness (QED) is 0.196. The predicted molar refractivity (Wildman–Crippen MR) is 135 cm³/mol. The molecule has 8 heteroatoms. The Morgan fingerprint density at radius 3 is 2.48 bits per heavy atom. The van der Waals surface area contributed by atoms with Crippen molar-refractivity contribution in [2.45, 2.75) is 25.3 Å². The van der Waals surface area contributed by atoms with E-state index in [0.29, 0.717) is 19.7 Å². The Labute approximate surface area is 202 Å². The number of furan rings is 1. The number of guanidine groups is 1. The third-order valence-corrected chi connectivity index (χ3v) is 5.35. The van der Waals surface area contributed by atoms with Gasteiger partial charge in [-0.2, -0.15) is 0 Å². The summed E-state index contributed by atoms with van der Waals surface area (Å²) in [6, 6.07) is 12.5. The van der Waals surface area contributed by atoms with Gasteiger partial charge in [0.15, 0.2) is 5.96 Å². The molecule has 0 aliphatic carbocycles. The van der Waals surface area contributed by atoms with Gasteiger partial charge in [0.25, 0.3) is 0 Å². The second-order valence-electron chi connectivity index (χ2n) is 7.40. The van der Waals surface area contributed by atoms with Crippen LogP contribution in [0, 0.1) is 0 Å². The van der Waals surface area contributed by atoms with E-state index in [1.165, 1.54) is 18.4 Å². The normalized spacial score (nSPS) is 15.4. The molecule has 1 aromatic heterocycles. The average molecular weight is 542 g/mol. The summed E-state index contributed by atoms with van der Waals surface area (Å²) in [6.45, 7) is 5.01. The van der Waals surface area contributed by atoms with Crippen LogP contribution in [-0.2, 0) is 11.2 Å². The topological polar surface area (TPSA) is 71.3 Å². The molecule has 2 N–H and O–H groups in total. The number of halogens is 1. The Balaban J connectivity index is 0.00000341. The van der Waals surface area contributed by atoms with Gasteiger partial charge in [-0.3, -0.25) is 9.89 Å². The summed E-state index contributed by atoms with van der Waals surface area (Å²) in [5.41, 5.74) is 1.27. The van der Waals surface area contributed by atoms with Crippen molar-refractivity contribution >= 4 is 29.9 Å². The largest absolute Gasteiger partial charge is 0.497 e. The van der Waals surface area contributed by atoms with Crippen molar-refractivity contribution in [3.63, 3.8) is 0 Å². The molecular formula is C23H35IN4O3. The van der Waals surface area contributed by atoms with Crippen molar-refractivity contribution in [3.05, 3.63) is 54.0 Å². The second-order valence-corrected chi connectivity index (χ2v) is 7.40. The van der Waals surface area contributed by atoms with E-state index < -0.39 is 0 Å². The molecule has 1 atom stereocenters. The van der Waals surface area contributed by atoms with Gasteiger partial charge >= 0.3 is 0 Å². The van der Waals surface area contributed by atoms with Crippen LogP contribution in [0.15, 0.2) is 52.1 Å². The highest BCUT2D eigenvalue weighted by molar-refractivity contribution is 14.0. The number of nitrogens with zero attached hydrogens (tertiary/aromatic N) is 2. The van der Waals surface area contributed by atoms with E-state index in [1.807, 2.05) is 24.3 Å². The predicted octanol–water partition coefficient (Wildman–Crippen LogP) is 3.47. The van der Waals surface area contributed by atoms with Gasteiger partial charge in [0.05, 0.1) is 32.6 Å². The van der Waals surface area contributed by atoms with Gasteiger partial charge in [0, 0.05) is 26.6 Å². The zero-order chi connectivity index (χ0) is 21.0. The molecule has 0 saturated carbocycles. The molecule has 0 spiro atoms. The molecule has 2 heterocycles. The zero-order valence-corrected chi connectivity index (χ0v) is 20.8. The molecule has 31 heavy (non-hydrogen) atoms. The summed E-state index contributed by atoms with van der Waals surface area (Å²) in [7, 11) is 3.40. The van der Waals surface area contributed by atoms with Crippen molar-refractivity contribution in [1.29, 1.82) is 0 Å². The molecule has 1 aromatic carbocycles. The van der Waals surface area contributed by atoms with Gasteiger partial charge < -0.3 is 24.5 Å². The molecule has 172 valence electrons. The molecule has 1 aliphatic rings. The van der Waals surface area contributed by atoms with Crippen molar-refractivity contribution in [3.8, 4) is 5.75 Å². The van der Waals surface area contributed by atoms with E-state index in [-0.39, 0.29) is 30.0 Å². The molecular weight excluding hydrogens is 507 g/mol. The number of hydrogen-bond acceptors (Lipinski definition) is 5. The molecule has 0 bridgehead atoms. The number of rotatable bonds is 11. The average Bonchev–Trinajstić information content (AvgIpc) is 3.49. The molecule has 1 aliphatic heterocycles. The monoisotopic (exact) mass is 542 g/mol. The first kappa shape index (κ1) is 25.5. The van der Waals surface area contributed by atoms with Crippen LogP contribution in [0.4, 0.5) is 0 Å². The fourth-order valence-electron chi connectivity index (χ4n) is 3.69. The summed E-state index contributed by atoms with van der Waals surface area (Å²) in [5.74, 6) is 2.65. The van der Waals surface area contributed by atoms with Crippen molar-refractivity contribution in [2.24, 2.45) is 4.99 Å². The number of hydrogen-bond donors (Lipinski definition) is 2. The second kappa shape index (κ2) is 14.3. The smallest absolute Gasteiger partial charge is 0.191 e. The fourth-order valence-corrected chi connectivity index (χ4v) is 3.69. The minimum atomic E-state index is 0. The van der Waals surface area contributed by atoms with Crippen LogP contribution in [0.3, 0.4) is 0 Å². The van der Waals surface area contributed by atoms with Crippen LogP contribution >= 0.6 is 24.0 Å². The minimum Gasteiger partial charge on any atom is -0.497 e. The Hall–Kier alpha value is -1.78. The lowest BCUT2D eigenvalue weighted by Crippen LogP contribution is -2.40. The maximum atomic E-state index is 5.42. The lowest BCUT2D eigenvalue weighted by atomic mass is 10.1. The highest BCUT2D eigenvalue weighted by Gasteiger charge is 2.23. The Morgan fingerprint density at radius 1 is 1.10 bits per heavy atom. The van der Waals surface area contributed by atoms with Gasteiger partial charge in [-0.15, -0.1) is 24.0 Å². The Morgan fingerprint density at radius 2 is 1.84 bits per heavy atom. The number of methoxy groups -OCH3 is 2. The molecule has 1 fully saturated rings.